The van der Waals surface area contributed by atoms with Gasteiger partial charge in [-0.1, -0.05) is 0 Å². The molecule has 0 aromatic carbocycles. The third kappa shape index (κ3) is 7.00. The number of carbonyl (C=O) groups excluding carboxylic acids is 1. The number of hydrogen-bond acceptors (Lipinski definition) is 3. The van der Waals surface area contributed by atoms with Crippen molar-refractivity contribution in [3.05, 3.63) is 0 Å². The molecule has 0 atom stereocenters. The van der Waals surface area contributed by atoms with Gasteiger partial charge in [0.25, 0.3) is 0 Å². The molecule has 2 amide bonds. The number of hydrogen-bond donors (Lipinski definition) is 2. The largest absolute Gasteiger partial charge is 0.481 e. The molecule has 0 radical (unpaired) electrons. The van der Waals surface area contributed by atoms with E-state index in [4.69, 9.17) is 9.84 Å². The summed E-state index contributed by atoms with van der Waals surface area (Å²) in [6.45, 7) is 1.69. The van der Waals surface area contributed by atoms with Gasteiger partial charge in [0.05, 0.1) is 6.42 Å². The Balaban J connectivity index is 2.15. The molecule has 0 aromatic heterocycles. The maximum atomic E-state index is 11.9. The lowest BCUT2D eigenvalue weighted by molar-refractivity contribution is -0.137. The van der Waals surface area contributed by atoms with Crippen LogP contribution >= 0.6 is 0 Å². The zero-order valence-electron chi connectivity index (χ0n) is 11.6. The molecule has 0 unspecified atom stereocenters. The number of aliphatic carboxylic acids is 1. The van der Waals surface area contributed by atoms with Crippen LogP contribution < -0.4 is 5.32 Å². The molecule has 110 valence electrons. The normalized spacial score (nSPS) is 14.2. The summed E-state index contributed by atoms with van der Waals surface area (Å²) in [5.74, 6) is -0.863. The van der Waals surface area contributed by atoms with Crippen LogP contribution in [0.5, 0.6) is 0 Å². The Hall–Kier alpha value is -1.30. The summed E-state index contributed by atoms with van der Waals surface area (Å²) in [7, 11) is 1.68. The van der Waals surface area contributed by atoms with E-state index in [1.807, 2.05) is 0 Å². The van der Waals surface area contributed by atoms with E-state index in [0.717, 1.165) is 38.7 Å². The number of amides is 2. The fraction of sp³-hybridized carbons (Fsp3) is 0.846. The predicted molar refractivity (Wildman–Crippen MR) is 71.1 cm³/mol. The lowest BCUT2D eigenvalue weighted by Crippen LogP contribution is -2.42. The Bertz CT molecular complexity index is 292. The lowest BCUT2D eigenvalue weighted by Gasteiger charge is -2.22. The number of nitrogens with one attached hydrogen (secondary N) is 1. The molecule has 0 heterocycles. The molecule has 19 heavy (non-hydrogen) atoms. The van der Waals surface area contributed by atoms with E-state index < -0.39 is 5.97 Å². The first-order chi connectivity index (χ1) is 9.15. The van der Waals surface area contributed by atoms with Crippen LogP contribution in [0.3, 0.4) is 0 Å². The number of carbonyl (C=O) groups is 2. The average molecular weight is 272 g/mol. The molecule has 2 N–H and O–H groups in total. The minimum atomic E-state index is -0.863. The predicted octanol–water partition coefficient (Wildman–Crippen LogP) is 1.45. The number of carboxylic acid groups (broad SMARTS) is 1. The van der Waals surface area contributed by atoms with Crippen LogP contribution in [0.25, 0.3) is 0 Å². The number of nitrogens with zero attached hydrogens (tertiary/aromatic N) is 1. The number of unbranched alkanes of at least 4 members (excludes halogenated alkanes) is 2. The second-order valence-corrected chi connectivity index (χ2v) is 4.85. The SMILES string of the molecule is COCCCCCNC(=O)N(CCC(=O)O)C1CC1. The highest BCUT2D eigenvalue weighted by molar-refractivity contribution is 5.76. The van der Waals surface area contributed by atoms with Gasteiger partial charge < -0.3 is 20.1 Å². The van der Waals surface area contributed by atoms with Gasteiger partial charge in [-0.3, -0.25) is 4.79 Å². The van der Waals surface area contributed by atoms with Crippen molar-refractivity contribution in [2.75, 3.05) is 26.8 Å². The van der Waals surface area contributed by atoms with Gasteiger partial charge in [-0.15, -0.1) is 0 Å². The zero-order chi connectivity index (χ0) is 14.1. The molecule has 6 nitrogen and oxygen atoms in total. The summed E-state index contributed by atoms with van der Waals surface area (Å²) in [6, 6.07) is 0.114. The Labute approximate surface area is 114 Å². The molecule has 1 rings (SSSR count). The van der Waals surface area contributed by atoms with Crippen LogP contribution in [0.2, 0.25) is 0 Å². The number of rotatable bonds is 10. The van der Waals surface area contributed by atoms with Crippen molar-refractivity contribution in [2.45, 2.75) is 44.6 Å². The zero-order valence-corrected chi connectivity index (χ0v) is 11.6. The van der Waals surface area contributed by atoms with E-state index in [-0.39, 0.29) is 18.5 Å². The van der Waals surface area contributed by atoms with Gasteiger partial charge in [-0.25, -0.2) is 4.79 Å². The molecule has 1 aliphatic rings. The summed E-state index contributed by atoms with van der Waals surface area (Å²) in [5.41, 5.74) is 0. The molecule has 6 heteroatoms. The Morgan fingerprint density at radius 2 is 2.05 bits per heavy atom. The number of ether oxygens (including phenoxy) is 1. The van der Waals surface area contributed by atoms with E-state index in [1.54, 1.807) is 12.0 Å². The molecule has 0 aliphatic heterocycles. The summed E-state index contributed by atoms with van der Waals surface area (Å²) < 4.78 is 4.95. The van der Waals surface area contributed by atoms with Crippen molar-refractivity contribution in [3.8, 4) is 0 Å². The minimum absolute atomic E-state index is 0.0117. The van der Waals surface area contributed by atoms with Gasteiger partial charge in [0.1, 0.15) is 0 Å². The van der Waals surface area contributed by atoms with Crippen molar-refractivity contribution in [2.24, 2.45) is 0 Å². The van der Waals surface area contributed by atoms with E-state index in [0.29, 0.717) is 13.1 Å². The fourth-order valence-electron chi connectivity index (χ4n) is 1.90. The van der Waals surface area contributed by atoms with Crippen molar-refractivity contribution in [1.82, 2.24) is 10.2 Å². The monoisotopic (exact) mass is 272 g/mol. The summed E-state index contributed by atoms with van der Waals surface area (Å²) in [4.78, 5) is 24.1. The van der Waals surface area contributed by atoms with Crippen LogP contribution in [0, 0.1) is 0 Å². The van der Waals surface area contributed by atoms with Gasteiger partial charge in [0, 0.05) is 32.8 Å². The second kappa shape index (κ2) is 8.74. The van der Waals surface area contributed by atoms with Crippen molar-refractivity contribution in [3.63, 3.8) is 0 Å². The lowest BCUT2D eigenvalue weighted by atomic mass is 10.2. The standard InChI is InChI=1S/C13H24N2O4/c1-19-10-4-2-3-8-14-13(18)15(11-5-6-11)9-7-12(16)17/h11H,2-10H2,1H3,(H,14,18)(H,16,17). The number of carboxylic acids is 1. The van der Waals surface area contributed by atoms with Crippen LogP contribution in [0.1, 0.15) is 38.5 Å². The highest BCUT2D eigenvalue weighted by atomic mass is 16.5. The van der Waals surface area contributed by atoms with Crippen molar-refractivity contribution >= 4 is 12.0 Å². The van der Waals surface area contributed by atoms with E-state index >= 15 is 0 Å². The van der Waals surface area contributed by atoms with Crippen molar-refractivity contribution < 1.29 is 19.4 Å². The molecule has 1 saturated carbocycles. The van der Waals surface area contributed by atoms with Crippen LogP contribution in [0.4, 0.5) is 4.79 Å². The first-order valence-electron chi connectivity index (χ1n) is 6.90. The molecule has 1 fully saturated rings. The Kier molecular flexibility index (Phi) is 7.25. The summed E-state index contributed by atoms with van der Waals surface area (Å²) >= 11 is 0. The van der Waals surface area contributed by atoms with Crippen LogP contribution in [0.15, 0.2) is 0 Å². The van der Waals surface area contributed by atoms with E-state index in [2.05, 4.69) is 5.32 Å². The van der Waals surface area contributed by atoms with E-state index in [1.165, 1.54) is 0 Å². The number of methoxy groups -OCH3 is 1. The molecule has 0 bridgehead atoms. The second-order valence-electron chi connectivity index (χ2n) is 4.85. The van der Waals surface area contributed by atoms with Crippen LogP contribution in [-0.4, -0.2) is 54.9 Å². The molecule has 0 aromatic rings. The van der Waals surface area contributed by atoms with Gasteiger partial charge >= 0.3 is 12.0 Å². The third-order valence-electron chi connectivity index (χ3n) is 3.12. The number of urea groups is 1. The maximum absolute atomic E-state index is 11.9. The highest BCUT2D eigenvalue weighted by Crippen LogP contribution is 2.26. The quantitative estimate of drug-likeness (QED) is 0.590. The van der Waals surface area contributed by atoms with Gasteiger partial charge in [0.15, 0.2) is 0 Å². The van der Waals surface area contributed by atoms with Crippen LogP contribution in [-0.2, 0) is 9.53 Å². The third-order valence-corrected chi connectivity index (χ3v) is 3.12. The van der Waals surface area contributed by atoms with Crippen molar-refractivity contribution in [1.29, 1.82) is 0 Å². The minimum Gasteiger partial charge on any atom is -0.481 e. The Morgan fingerprint density at radius 3 is 2.63 bits per heavy atom. The smallest absolute Gasteiger partial charge is 0.317 e. The summed E-state index contributed by atoms with van der Waals surface area (Å²) in [5, 5.41) is 11.5. The molecular formula is C13H24N2O4. The maximum Gasteiger partial charge on any atom is 0.317 e. The van der Waals surface area contributed by atoms with Gasteiger partial charge in [0.2, 0.25) is 0 Å². The topological polar surface area (TPSA) is 78.9 Å². The van der Waals surface area contributed by atoms with Gasteiger partial charge in [-0.05, 0) is 32.1 Å². The summed E-state index contributed by atoms with van der Waals surface area (Å²) in [6.07, 6.45) is 4.93. The molecule has 0 spiro atoms. The van der Waals surface area contributed by atoms with E-state index in [9.17, 15) is 9.59 Å². The molecule has 1 aliphatic carbocycles. The van der Waals surface area contributed by atoms with Gasteiger partial charge in [-0.2, -0.15) is 0 Å². The average Bonchev–Trinajstić information content (AvgIpc) is 3.18. The molecule has 0 saturated heterocycles. The molecular weight excluding hydrogens is 248 g/mol. The first-order valence-corrected chi connectivity index (χ1v) is 6.90. The first kappa shape index (κ1) is 15.8. The fourth-order valence-corrected chi connectivity index (χ4v) is 1.90. The Morgan fingerprint density at radius 1 is 1.32 bits per heavy atom. The highest BCUT2D eigenvalue weighted by Gasteiger charge is 2.32.